The van der Waals surface area contributed by atoms with Gasteiger partial charge in [-0.2, -0.15) is 0 Å². The predicted octanol–water partition coefficient (Wildman–Crippen LogP) is 1.76. The van der Waals surface area contributed by atoms with Crippen molar-refractivity contribution in [1.29, 1.82) is 0 Å². The summed E-state index contributed by atoms with van der Waals surface area (Å²) in [7, 11) is 0. The van der Waals surface area contributed by atoms with Gasteiger partial charge in [-0.3, -0.25) is 4.79 Å². The molecule has 1 atom stereocenters. The molecule has 96 valence electrons. The van der Waals surface area contributed by atoms with Crippen LogP contribution < -0.4 is 11.1 Å². The van der Waals surface area contributed by atoms with Gasteiger partial charge in [0.05, 0.1) is 11.6 Å². The molecule has 3 rings (SSSR count). The molecule has 5 heteroatoms. The summed E-state index contributed by atoms with van der Waals surface area (Å²) in [5.74, 6) is 0.192. The minimum atomic E-state index is -0.346. The van der Waals surface area contributed by atoms with E-state index in [1.165, 1.54) is 0 Å². The SMILES string of the molecule is NC1=C(C(=O)Nc2ccccc2)OC2=NC=CCC21. The van der Waals surface area contributed by atoms with E-state index in [0.29, 0.717) is 23.7 Å². The van der Waals surface area contributed by atoms with E-state index in [0.717, 1.165) is 0 Å². The quantitative estimate of drug-likeness (QED) is 0.845. The average Bonchev–Trinajstić information content (AvgIpc) is 2.78. The molecule has 19 heavy (non-hydrogen) atoms. The maximum Gasteiger partial charge on any atom is 0.293 e. The Morgan fingerprint density at radius 1 is 1.37 bits per heavy atom. The van der Waals surface area contributed by atoms with Crippen molar-refractivity contribution in [1.82, 2.24) is 0 Å². The lowest BCUT2D eigenvalue weighted by molar-refractivity contribution is -0.114. The molecule has 0 saturated carbocycles. The van der Waals surface area contributed by atoms with Crippen molar-refractivity contribution in [3.8, 4) is 0 Å². The van der Waals surface area contributed by atoms with Crippen LogP contribution in [-0.2, 0) is 9.53 Å². The zero-order valence-corrected chi connectivity index (χ0v) is 10.2. The molecule has 2 heterocycles. The monoisotopic (exact) mass is 255 g/mol. The van der Waals surface area contributed by atoms with Gasteiger partial charge in [0, 0.05) is 11.9 Å². The number of amides is 1. The Morgan fingerprint density at radius 2 is 2.16 bits per heavy atom. The van der Waals surface area contributed by atoms with E-state index in [1.54, 1.807) is 18.3 Å². The zero-order valence-electron chi connectivity index (χ0n) is 10.2. The number of benzene rings is 1. The number of carbonyl (C=O) groups is 1. The summed E-state index contributed by atoms with van der Waals surface area (Å²) in [6.45, 7) is 0. The summed E-state index contributed by atoms with van der Waals surface area (Å²) >= 11 is 0. The Morgan fingerprint density at radius 3 is 2.89 bits per heavy atom. The van der Waals surface area contributed by atoms with Crippen LogP contribution in [0.5, 0.6) is 0 Å². The highest BCUT2D eigenvalue weighted by Crippen LogP contribution is 2.30. The van der Waals surface area contributed by atoms with Gasteiger partial charge >= 0.3 is 0 Å². The van der Waals surface area contributed by atoms with Crippen LogP contribution in [0.4, 0.5) is 5.69 Å². The predicted molar refractivity (Wildman–Crippen MR) is 72.1 cm³/mol. The van der Waals surface area contributed by atoms with Crippen molar-refractivity contribution in [3.63, 3.8) is 0 Å². The first-order chi connectivity index (χ1) is 9.25. The number of fused-ring (bicyclic) bond motifs is 1. The van der Waals surface area contributed by atoms with Crippen LogP contribution in [-0.4, -0.2) is 11.8 Å². The van der Waals surface area contributed by atoms with Crippen molar-refractivity contribution in [2.45, 2.75) is 6.42 Å². The molecule has 3 N–H and O–H groups in total. The third kappa shape index (κ3) is 2.10. The van der Waals surface area contributed by atoms with Crippen LogP contribution in [0.25, 0.3) is 0 Å². The van der Waals surface area contributed by atoms with Gasteiger partial charge in [0.1, 0.15) is 0 Å². The summed E-state index contributed by atoms with van der Waals surface area (Å²) in [4.78, 5) is 16.2. The van der Waals surface area contributed by atoms with E-state index in [4.69, 9.17) is 10.5 Å². The maximum absolute atomic E-state index is 12.1. The number of nitrogens with one attached hydrogen (secondary N) is 1. The van der Waals surface area contributed by atoms with E-state index in [1.807, 2.05) is 24.3 Å². The summed E-state index contributed by atoms with van der Waals surface area (Å²) in [5, 5.41) is 2.75. The van der Waals surface area contributed by atoms with Gasteiger partial charge in [-0.1, -0.05) is 24.3 Å². The van der Waals surface area contributed by atoms with Crippen LogP contribution in [0.1, 0.15) is 6.42 Å². The average molecular weight is 255 g/mol. The van der Waals surface area contributed by atoms with Gasteiger partial charge in [-0.25, -0.2) is 4.99 Å². The first-order valence-electron chi connectivity index (χ1n) is 6.02. The van der Waals surface area contributed by atoms with Crippen LogP contribution in [0, 0.1) is 5.92 Å². The molecule has 2 aliphatic rings. The first kappa shape index (κ1) is 11.5. The number of nitrogens with two attached hydrogens (primary N) is 1. The van der Waals surface area contributed by atoms with Gasteiger partial charge in [0.15, 0.2) is 0 Å². The summed E-state index contributed by atoms with van der Waals surface area (Å²) in [6.07, 6.45) is 4.28. The van der Waals surface area contributed by atoms with Crippen LogP contribution in [0.3, 0.4) is 0 Å². The topological polar surface area (TPSA) is 76.7 Å². The molecule has 2 aliphatic heterocycles. The minimum Gasteiger partial charge on any atom is -0.435 e. The van der Waals surface area contributed by atoms with Crippen LogP contribution >= 0.6 is 0 Å². The molecular formula is C14H13N3O2. The standard InChI is InChI=1S/C14H13N3O2/c15-11-10-7-4-8-16-14(10)19-12(11)13(18)17-9-5-2-1-3-6-9/h1-6,8,10H,7,15H2,(H,17,18). The highest BCUT2D eigenvalue weighted by molar-refractivity contribution is 6.07. The number of aliphatic imine (C=N–C) groups is 1. The van der Waals surface area contributed by atoms with Crippen molar-refractivity contribution in [3.05, 3.63) is 54.1 Å². The van der Waals surface area contributed by atoms with Gasteiger partial charge in [0.2, 0.25) is 11.7 Å². The number of ether oxygens (including phenoxy) is 1. The van der Waals surface area contributed by atoms with E-state index in [-0.39, 0.29) is 17.6 Å². The molecule has 1 amide bonds. The number of allylic oxidation sites excluding steroid dienone is 1. The highest BCUT2D eigenvalue weighted by Gasteiger charge is 2.35. The molecule has 1 aromatic rings. The molecule has 0 saturated heterocycles. The number of rotatable bonds is 2. The third-order valence-corrected chi connectivity index (χ3v) is 3.06. The molecule has 0 bridgehead atoms. The van der Waals surface area contributed by atoms with Crippen molar-refractivity contribution >= 4 is 17.5 Å². The number of hydrogen-bond donors (Lipinski definition) is 2. The lowest BCUT2D eigenvalue weighted by atomic mass is 10.0. The largest absolute Gasteiger partial charge is 0.435 e. The van der Waals surface area contributed by atoms with Crippen molar-refractivity contribution in [2.24, 2.45) is 16.6 Å². The highest BCUT2D eigenvalue weighted by atomic mass is 16.5. The fourth-order valence-electron chi connectivity index (χ4n) is 2.08. The normalized spacial score (nSPS) is 20.6. The van der Waals surface area contributed by atoms with Crippen molar-refractivity contribution in [2.75, 3.05) is 5.32 Å². The number of hydrogen-bond acceptors (Lipinski definition) is 4. The van der Waals surface area contributed by atoms with Gasteiger partial charge in [-0.05, 0) is 18.6 Å². The summed E-state index contributed by atoms with van der Waals surface area (Å²) in [6, 6.07) is 9.17. The zero-order chi connectivity index (χ0) is 13.2. The first-order valence-corrected chi connectivity index (χ1v) is 6.02. The molecule has 0 spiro atoms. The molecule has 1 unspecified atom stereocenters. The van der Waals surface area contributed by atoms with E-state index in [2.05, 4.69) is 10.3 Å². The van der Waals surface area contributed by atoms with E-state index < -0.39 is 0 Å². The Balaban J connectivity index is 1.80. The Hall–Kier alpha value is -2.56. The Labute approximate surface area is 110 Å². The maximum atomic E-state index is 12.1. The molecular weight excluding hydrogens is 242 g/mol. The number of nitrogens with zero attached hydrogens (tertiary/aromatic N) is 1. The van der Waals surface area contributed by atoms with Gasteiger partial charge in [0.25, 0.3) is 5.91 Å². The second-order valence-corrected chi connectivity index (χ2v) is 4.35. The summed E-state index contributed by atoms with van der Waals surface area (Å²) in [5.41, 5.74) is 7.11. The van der Waals surface area contributed by atoms with Crippen molar-refractivity contribution < 1.29 is 9.53 Å². The molecule has 0 radical (unpaired) electrons. The fraction of sp³-hybridized carbons (Fsp3) is 0.143. The third-order valence-electron chi connectivity index (χ3n) is 3.06. The molecule has 5 nitrogen and oxygen atoms in total. The second-order valence-electron chi connectivity index (χ2n) is 4.35. The van der Waals surface area contributed by atoms with Crippen LogP contribution in [0.15, 0.2) is 59.1 Å². The molecule has 0 fully saturated rings. The lowest BCUT2D eigenvalue weighted by Crippen LogP contribution is -2.18. The number of anilines is 1. The lowest BCUT2D eigenvalue weighted by Gasteiger charge is -2.09. The second kappa shape index (κ2) is 4.61. The van der Waals surface area contributed by atoms with Gasteiger partial charge in [-0.15, -0.1) is 0 Å². The van der Waals surface area contributed by atoms with E-state index >= 15 is 0 Å². The Bertz CT molecular complexity index is 602. The molecule has 1 aromatic carbocycles. The minimum absolute atomic E-state index is 0.110. The van der Waals surface area contributed by atoms with E-state index in [9.17, 15) is 4.79 Å². The fourth-order valence-corrected chi connectivity index (χ4v) is 2.08. The Kier molecular flexibility index (Phi) is 2.79. The number of para-hydroxylation sites is 1. The van der Waals surface area contributed by atoms with Gasteiger partial charge < -0.3 is 15.8 Å². The van der Waals surface area contributed by atoms with Crippen LogP contribution in [0.2, 0.25) is 0 Å². The number of carbonyl (C=O) groups excluding carboxylic acids is 1. The smallest absolute Gasteiger partial charge is 0.293 e. The molecule has 0 aromatic heterocycles. The molecule has 0 aliphatic carbocycles. The summed E-state index contributed by atoms with van der Waals surface area (Å²) < 4.78 is 5.45.